The Kier molecular flexibility index (Phi) is 4.66. The highest BCUT2D eigenvalue weighted by Crippen LogP contribution is 2.62. The first-order valence-electron chi connectivity index (χ1n) is 6.59. The molecule has 2 aliphatic rings. The van der Waals surface area contributed by atoms with Gasteiger partial charge in [0.25, 0.3) is 0 Å². The minimum Gasteiger partial charge on any atom is -0.237 e. The fourth-order valence-corrected chi connectivity index (χ4v) is 3.33. The van der Waals surface area contributed by atoms with Gasteiger partial charge in [-0.2, -0.15) is 0 Å². The van der Waals surface area contributed by atoms with Crippen molar-refractivity contribution in [3.63, 3.8) is 0 Å². The molecule has 3 heteroatoms. The number of rotatable bonds is 7. The highest BCUT2D eigenvalue weighted by molar-refractivity contribution is 6.30. The molecular formula is C14H21ClO2. The number of hydrogen-bond donors (Lipinski definition) is 0. The summed E-state index contributed by atoms with van der Waals surface area (Å²) in [6.07, 6.45) is 7.83. The predicted octanol–water partition coefficient (Wildman–Crippen LogP) is 4.07. The zero-order valence-electron chi connectivity index (χ0n) is 10.6. The third kappa shape index (κ3) is 2.93. The van der Waals surface area contributed by atoms with Gasteiger partial charge in [0.2, 0.25) is 0 Å². The maximum Gasteiger partial charge on any atom is 0.101 e. The second kappa shape index (κ2) is 6.03. The Bertz CT molecular complexity index is 322. The van der Waals surface area contributed by atoms with E-state index in [1.165, 1.54) is 18.4 Å². The SMILES string of the molecule is CCCC1C2C(/C=C/COOCC)=C(Cl)C[C@H]12. The second-order valence-electron chi connectivity index (χ2n) is 4.80. The van der Waals surface area contributed by atoms with Crippen LogP contribution in [0.4, 0.5) is 0 Å². The Morgan fingerprint density at radius 3 is 2.88 bits per heavy atom. The molecule has 0 bridgehead atoms. The topological polar surface area (TPSA) is 18.5 Å². The van der Waals surface area contributed by atoms with Crippen molar-refractivity contribution >= 4 is 11.6 Å². The fourth-order valence-electron chi connectivity index (χ4n) is 2.96. The number of allylic oxidation sites excluding steroid dienone is 3. The molecule has 3 atom stereocenters. The summed E-state index contributed by atoms with van der Waals surface area (Å²) < 4.78 is 0. The molecule has 0 saturated heterocycles. The molecule has 2 unspecified atom stereocenters. The van der Waals surface area contributed by atoms with E-state index >= 15 is 0 Å². The fraction of sp³-hybridized carbons (Fsp3) is 0.714. The van der Waals surface area contributed by atoms with Gasteiger partial charge in [-0.25, -0.2) is 9.78 Å². The van der Waals surface area contributed by atoms with E-state index < -0.39 is 0 Å². The van der Waals surface area contributed by atoms with E-state index in [4.69, 9.17) is 21.4 Å². The van der Waals surface area contributed by atoms with Crippen LogP contribution in [0.25, 0.3) is 0 Å². The molecule has 96 valence electrons. The first kappa shape index (κ1) is 13.1. The van der Waals surface area contributed by atoms with Gasteiger partial charge in [0.1, 0.15) is 6.61 Å². The van der Waals surface area contributed by atoms with Crippen molar-refractivity contribution in [3.05, 3.63) is 22.8 Å². The van der Waals surface area contributed by atoms with Gasteiger partial charge in [0.05, 0.1) is 6.61 Å². The van der Waals surface area contributed by atoms with Gasteiger partial charge in [0.15, 0.2) is 0 Å². The summed E-state index contributed by atoms with van der Waals surface area (Å²) in [6.45, 7) is 5.24. The monoisotopic (exact) mass is 256 g/mol. The summed E-state index contributed by atoms with van der Waals surface area (Å²) in [7, 11) is 0. The quantitative estimate of drug-likeness (QED) is 0.388. The zero-order valence-corrected chi connectivity index (χ0v) is 11.4. The first-order valence-corrected chi connectivity index (χ1v) is 6.96. The largest absolute Gasteiger partial charge is 0.237 e. The highest BCUT2D eigenvalue weighted by atomic mass is 35.5. The lowest BCUT2D eigenvalue weighted by Crippen LogP contribution is -1.94. The third-order valence-electron chi connectivity index (χ3n) is 3.70. The molecule has 1 fully saturated rings. The average molecular weight is 257 g/mol. The van der Waals surface area contributed by atoms with Crippen LogP contribution in [0, 0.1) is 17.8 Å². The van der Waals surface area contributed by atoms with Crippen LogP contribution in [0.2, 0.25) is 0 Å². The van der Waals surface area contributed by atoms with E-state index in [9.17, 15) is 0 Å². The summed E-state index contributed by atoms with van der Waals surface area (Å²) in [6, 6.07) is 0. The third-order valence-corrected chi connectivity index (χ3v) is 4.08. The summed E-state index contributed by atoms with van der Waals surface area (Å²) in [4.78, 5) is 9.77. The minimum absolute atomic E-state index is 0.497. The molecule has 0 aromatic carbocycles. The van der Waals surface area contributed by atoms with Crippen LogP contribution < -0.4 is 0 Å². The molecule has 2 nitrogen and oxygen atoms in total. The van der Waals surface area contributed by atoms with Gasteiger partial charge in [-0.3, -0.25) is 0 Å². The Hall–Kier alpha value is -0.310. The van der Waals surface area contributed by atoms with Gasteiger partial charge >= 0.3 is 0 Å². The molecule has 0 aromatic heterocycles. The molecule has 2 aliphatic carbocycles. The lowest BCUT2D eigenvalue weighted by Gasteiger charge is -2.04. The van der Waals surface area contributed by atoms with E-state index in [2.05, 4.69) is 13.0 Å². The van der Waals surface area contributed by atoms with Crippen LogP contribution in [0.15, 0.2) is 22.8 Å². The van der Waals surface area contributed by atoms with Crippen molar-refractivity contribution in [2.75, 3.05) is 13.2 Å². The Morgan fingerprint density at radius 1 is 1.35 bits per heavy atom. The van der Waals surface area contributed by atoms with E-state index in [1.807, 2.05) is 13.0 Å². The zero-order chi connectivity index (χ0) is 12.3. The second-order valence-corrected chi connectivity index (χ2v) is 5.26. The number of hydrogen-bond acceptors (Lipinski definition) is 2. The van der Waals surface area contributed by atoms with Gasteiger partial charge < -0.3 is 0 Å². The van der Waals surface area contributed by atoms with Crippen LogP contribution in [0.3, 0.4) is 0 Å². The molecule has 17 heavy (non-hydrogen) atoms. The number of fused-ring (bicyclic) bond motifs is 1. The normalized spacial score (nSPS) is 31.4. The van der Waals surface area contributed by atoms with Crippen molar-refractivity contribution in [1.29, 1.82) is 0 Å². The van der Waals surface area contributed by atoms with Crippen molar-refractivity contribution in [2.45, 2.75) is 33.1 Å². The summed E-state index contributed by atoms with van der Waals surface area (Å²) >= 11 is 6.27. The minimum atomic E-state index is 0.497. The molecule has 0 amide bonds. The van der Waals surface area contributed by atoms with Gasteiger partial charge in [-0.15, -0.1) is 0 Å². The molecule has 0 aromatic rings. The highest BCUT2D eigenvalue weighted by Gasteiger charge is 2.54. The van der Waals surface area contributed by atoms with Crippen molar-refractivity contribution in [1.82, 2.24) is 0 Å². The molecule has 0 radical (unpaired) electrons. The van der Waals surface area contributed by atoms with Crippen LogP contribution in [-0.2, 0) is 9.78 Å². The van der Waals surface area contributed by atoms with Gasteiger partial charge in [-0.1, -0.05) is 37.1 Å². The standard InChI is InChI=1S/C14H21ClO2/c1-3-6-10-12-9-13(15)11(14(10)12)7-5-8-17-16-4-2/h5,7,10,12,14H,3-4,6,8-9H2,1-2H3/b7-5+/t10?,12-,14?/m1/s1. The maximum atomic E-state index is 6.27. The Balaban J connectivity index is 1.82. The van der Waals surface area contributed by atoms with Gasteiger partial charge in [0, 0.05) is 5.03 Å². The molecule has 0 N–H and O–H groups in total. The smallest absolute Gasteiger partial charge is 0.101 e. The van der Waals surface area contributed by atoms with Crippen LogP contribution in [0.1, 0.15) is 33.1 Å². The number of halogens is 1. The van der Waals surface area contributed by atoms with Crippen molar-refractivity contribution < 1.29 is 9.78 Å². The molecule has 0 heterocycles. The van der Waals surface area contributed by atoms with E-state index in [-0.39, 0.29) is 0 Å². The molecule has 1 saturated carbocycles. The molecule has 2 rings (SSSR count). The van der Waals surface area contributed by atoms with Gasteiger partial charge in [-0.05, 0) is 43.1 Å². The molecule has 0 spiro atoms. The van der Waals surface area contributed by atoms with Crippen LogP contribution >= 0.6 is 11.6 Å². The van der Waals surface area contributed by atoms with E-state index in [0.29, 0.717) is 13.2 Å². The lowest BCUT2D eigenvalue weighted by atomic mass is 10.1. The van der Waals surface area contributed by atoms with Crippen molar-refractivity contribution in [2.24, 2.45) is 17.8 Å². The predicted molar refractivity (Wildman–Crippen MR) is 69.6 cm³/mol. The summed E-state index contributed by atoms with van der Waals surface area (Å²) in [5.41, 5.74) is 1.34. The Morgan fingerprint density at radius 2 is 2.18 bits per heavy atom. The summed E-state index contributed by atoms with van der Waals surface area (Å²) in [5, 5.41) is 1.06. The summed E-state index contributed by atoms with van der Waals surface area (Å²) in [5.74, 6) is 2.44. The van der Waals surface area contributed by atoms with Crippen molar-refractivity contribution in [3.8, 4) is 0 Å². The lowest BCUT2D eigenvalue weighted by molar-refractivity contribution is -0.282. The van der Waals surface area contributed by atoms with Crippen LogP contribution in [0.5, 0.6) is 0 Å². The average Bonchev–Trinajstić information content (AvgIpc) is 2.84. The van der Waals surface area contributed by atoms with E-state index in [1.54, 1.807) is 0 Å². The first-order chi connectivity index (χ1) is 8.29. The Labute approximate surface area is 109 Å². The van der Waals surface area contributed by atoms with Crippen LogP contribution in [-0.4, -0.2) is 13.2 Å². The molecular weight excluding hydrogens is 236 g/mol. The molecule has 0 aliphatic heterocycles. The maximum absolute atomic E-state index is 6.27. The van der Waals surface area contributed by atoms with E-state index in [0.717, 1.165) is 29.2 Å².